The number of aryl methyl sites for hydroxylation is 1. The number of carbonyl (C=O) groups is 1. The molecule has 4 heteroatoms. The van der Waals surface area contributed by atoms with E-state index in [4.69, 9.17) is 0 Å². The first-order chi connectivity index (χ1) is 5.20. The molecule has 0 fully saturated rings. The lowest BCUT2D eigenvalue weighted by molar-refractivity contribution is 0.0960. The summed E-state index contributed by atoms with van der Waals surface area (Å²) in [6, 6.07) is 0. The zero-order valence-corrected chi connectivity index (χ0v) is 6.51. The van der Waals surface area contributed by atoms with Gasteiger partial charge in [0.05, 0.1) is 0 Å². The van der Waals surface area contributed by atoms with Gasteiger partial charge < -0.3 is 5.32 Å². The molecule has 0 radical (unpaired) electrons. The smallest absolute Gasteiger partial charge is 0.272 e. The number of fused-ring (bicyclic) bond motifs is 1. The van der Waals surface area contributed by atoms with Crippen molar-refractivity contribution in [1.82, 2.24) is 15.1 Å². The maximum Gasteiger partial charge on any atom is 0.272 e. The van der Waals surface area contributed by atoms with Crippen molar-refractivity contribution in [3.05, 3.63) is 17.0 Å². The molecular weight excluding hydrogens is 142 g/mol. The van der Waals surface area contributed by atoms with Crippen LogP contribution in [0.5, 0.6) is 0 Å². The number of amides is 1. The largest absolute Gasteiger partial charge is 0.346 e. The molecule has 1 aliphatic rings. The number of carbonyl (C=O) groups excluding carboxylic acids is 1. The molecule has 1 aromatic rings. The predicted octanol–water partition coefficient (Wildman–Crippen LogP) is -0.0281. The van der Waals surface area contributed by atoms with Gasteiger partial charge in [-0.1, -0.05) is 0 Å². The molecule has 0 aliphatic carbocycles. The third kappa shape index (κ3) is 0.691. The molecule has 58 valence electrons. The number of nitrogens with zero attached hydrogens (tertiary/aromatic N) is 2. The van der Waals surface area contributed by atoms with Crippen molar-refractivity contribution in [2.24, 2.45) is 7.05 Å². The molecule has 1 aliphatic heterocycles. The summed E-state index contributed by atoms with van der Waals surface area (Å²) in [6.07, 6.45) is 0. The molecule has 11 heavy (non-hydrogen) atoms. The van der Waals surface area contributed by atoms with Gasteiger partial charge in [0.1, 0.15) is 0 Å². The first-order valence-electron chi connectivity index (χ1n) is 3.51. The summed E-state index contributed by atoms with van der Waals surface area (Å²) in [5, 5.41) is 6.79. The topological polar surface area (TPSA) is 46.9 Å². The van der Waals surface area contributed by atoms with Crippen LogP contribution < -0.4 is 5.32 Å². The number of nitrogens with one attached hydrogen (secondary N) is 1. The molecule has 2 heterocycles. The molecule has 4 nitrogen and oxygen atoms in total. The highest BCUT2D eigenvalue weighted by Gasteiger charge is 2.24. The van der Waals surface area contributed by atoms with Crippen LogP contribution in [0.1, 0.15) is 21.7 Å². The van der Waals surface area contributed by atoms with Crippen LogP contribution >= 0.6 is 0 Å². The van der Waals surface area contributed by atoms with Gasteiger partial charge in [0.2, 0.25) is 0 Å². The average molecular weight is 151 g/mol. The van der Waals surface area contributed by atoms with Crippen LogP contribution in [0.15, 0.2) is 0 Å². The second kappa shape index (κ2) is 1.84. The summed E-state index contributed by atoms with van der Waals surface area (Å²) in [5.74, 6) is -0.0521. The lowest BCUT2D eigenvalue weighted by atomic mass is 10.2. The summed E-state index contributed by atoms with van der Waals surface area (Å²) in [6.45, 7) is 2.60. The van der Waals surface area contributed by atoms with Crippen LogP contribution in [0.3, 0.4) is 0 Å². The van der Waals surface area contributed by atoms with Crippen molar-refractivity contribution >= 4 is 5.91 Å². The molecule has 0 spiro atoms. The molecular formula is C7H9N3O. The second-order valence-corrected chi connectivity index (χ2v) is 2.72. The van der Waals surface area contributed by atoms with Crippen molar-refractivity contribution < 1.29 is 4.79 Å². The quantitative estimate of drug-likeness (QED) is 0.566. The maximum absolute atomic E-state index is 11.0. The summed E-state index contributed by atoms with van der Waals surface area (Å²) >= 11 is 0. The van der Waals surface area contributed by atoms with Crippen LogP contribution in [0.2, 0.25) is 0 Å². The van der Waals surface area contributed by atoms with Gasteiger partial charge in [-0.15, -0.1) is 0 Å². The van der Waals surface area contributed by atoms with Gasteiger partial charge in [-0.3, -0.25) is 9.48 Å². The average Bonchev–Trinajstić information content (AvgIpc) is 2.43. The van der Waals surface area contributed by atoms with Crippen molar-refractivity contribution in [3.63, 3.8) is 0 Å². The van der Waals surface area contributed by atoms with Crippen LogP contribution in [0.25, 0.3) is 0 Å². The van der Waals surface area contributed by atoms with E-state index in [0.717, 1.165) is 11.3 Å². The lowest BCUT2D eigenvalue weighted by Crippen LogP contribution is -2.15. The Labute approximate surface area is 64.2 Å². The number of aromatic nitrogens is 2. The van der Waals surface area contributed by atoms with Crippen LogP contribution in [0.4, 0.5) is 0 Å². The van der Waals surface area contributed by atoms with Crippen LogP contribution in [0, 0.1) is 6.92 Å². The third-order valence-electron chi connectivity index (χ3n) is 2.10. The first kappa shape index (κ1) is 6.39. The van der Waals surface area contributed by atoms with Gasteiger partial charge in [0.25, 0.3) is 5.91 Å². The van der Waals surface area contributed by atoms with Crippen molar-refractivity contribution in [3.8, 4) is 0 Å². The first-order valence-corrected chi connectivity index (χ1v) is 3.51. The fourth-order valence-corrected chi connectivity index (χ4v) is 1.30. The highest BCUT2D eigenvalue weighted by Crippen LogP contribution is 2.16. The van der Waals surface area contributed by atoms with E-state index in [0.29, 0.717) is 12.2 Å². The SMILES string of the molecule is Cc1c2c(nn1C)C(=O)NC2. The molecule has 0 saturated carbocycles. The summed E-state index contributed by atoms with van der Waals surface area (Å²) in [5.41, 5.74) is 2.70. The Morgan fingerprint density at radius 1 is 1.64 bits per heavy atom. The standard InChI is InChI=1S/C7H9N3O/c1-4-5-3-8-7(11)6(5)9-10(4)2/h3H2,1-2H3,(H,8,11). The minimum absolute atomic E-state index is 0.0521. The van der Waals surface area contributed by atoms with E-state index in [9.17, 15) is 4.79 Å². The van der Waals surface area contributed by atoms with E-state index >= 15 is 0 Å². The Balaban J connectivity index is 2.66. The van der Waals surface area contributed by atoms with Crippen molar-refractivity contribution in [2.75, 3.05) is 0 Å². The number of rotatable bonds is 0. The normalized spacial score (nSPS) is 14.9. The van der Waals surface area contributed by atoms with Crippen molar-refractivity contribution in [1.29, 1.82) is 0 Å². The summed E-state index contributed by atoms with van der Waals surface area (Å²) in [7, 11) is 1.85. The minimum atomic E-state index is -0.0521. The van der Waals surface area contributed by atoms with Gasteiger partial charge in [-0.2, -0.15) is 5.10 Å². The van der Waals surface area contributed by atoms with E-state index in [1.807, 2.05) is 14.0 Å². The van der Waals surface area contributed by atoms with E-state index in [2.05, 4.69) is 10.4 Å². The maximum atomic E-state index is 11.0. The Kier molecular flexibility index (Phi) is 1.07. The molecule has 1 N–H and O–H groups in total. The molecule has 0 bridgehead atoms. The van der Waals surface area contributed by atoms with Crippen LogP contribution in [-0.2, 0) is 13.6 Å². The zero-order valence-electron chi connectivity index (χ0n) is 6.51. The zero-order chi connectivity index (χ0) is 8.01. The molecule has 0 unspecified atom stereocenters. The van der Waals surface area contributed by atoms with Crippen molar-refractivity contribution in [2.45, 2.75) is 13.5 Å². The Morgan fingerprint density at radius 3 is 3.00 bits per heavy atom. The molecule has 0 atom stereocenters. The van der Waals surface area contributed by atoms with Gasteiger partial charge >= 0.3 is 0 Å². The summed E-state index contributed by atoms with van der Waals surface area (Å²) < 4.78 is 1.74. The lowest BCUT2D eigenvalue weighted by Gasteiger charge is -1.95. The Hall–Kier alpha value is -1.32. The van der Waals surface area contributed by atoms with Crippen LogP contribution in [-0.4, -0.2) is 15.7 Å². The van der Waals surface area contributed by atoms with E-state index in [1.165, 1.54) is 0 Å². The fraction of sp³-hybridized carbons (Fsp3) is 0.429. The Bertz CT molecular complexity index is 327. The molecule has 0 saturated heterocycles. The molecule has 2 rings (SSSR count). The van der Waals surface area contributed by atoms with E-state index in [1.54, 1.807) is 4.68 Å². The molecule has 1 aromatic heterocycles. The summed E-state index contributed by atoms with van der Waals surface area (Å²) in [4.78, 5) is 11.0. The van der Waals surface area contributed by atoms with E-state index in [-0.39, 0.29) is 5.91 Å². The molecule has 1 amide bonds. The van der Waals surface area contributed by atoms with E-state index < -0.39 is 0 Å². The minimum Gasteiger partial charge on any atom is -0.346 e. The second-order valence-electron chi connectivity index (χ2n) is 2.72. The Morgan fingerprint density at radius 2 is 2.36 bits per heavy atom. The van der Waals surface area contributed by atoms with Gasteiger partial charge in [0.15, 0.2) is 5.69 Å². The number of hydrogen-bond acceptors (Lipinski definition) is 2. The molecule has 0 aromatic carbocycles. The van der Waals surface area contributed by atoms with Gasteiger partial charge in [-0.25, -0.2) is 0 Å². The third-order valence-corrected chi connectivity index (χ3v) is 2.10. The van der Waals surface area contributed by atoms with Gasteiger partial charge in [0, 0.05) is 24.8 Å². The van der Waals surface area contributed by atoms with Gasteiger partial charge in [-0.05, 0) is 6.92 Å². The predicted molar refractivity (Wildman–Crippen MR) is 39.1 cm³/mol. The monoisotopic (exact) mass is 151 g/mol. The highest BCUT2D eigenvalue weighted by molar-refractivity contribution is 5.96. The fourth-order valence-electron chi connectivity index (χ4n) is 1.30. The highest BCUT2D eigenvalue weighted by atomic mass is 16.2. The number of hydrogen-bond donors (Lipinski definition) is 1.